The highest BCUT2D eigenvalue weighted by molar-refractivity contribution is 9.10. The van der Waals surface area contributed by atoms with Crippen molar-refractivity contribution >= 4 is 44.1 Å². The zero-order chi connectivity index (χ0) is 17.4. The van der Waals surface area contributed by atoms with Gasteiger partial charge in [0.25, 0.3) is 5.91 Å². The number of aryl methyl sites for hydroxylation is 1. The minimum absolute atomic E-state index is 0.307. The van der Waals surface area contributed by atoms with E-state index in [1.54, 1.807) is 13.2 Å². The number of carbonyl (C=O) groups is 2. The summed E-state index contributed by atoms with van der Waals surface area (Å²) < 4.78 is 7.04. The third-order valence-electron chi connectivity index (χ3n) is 4.24. The first-order valence-corrected chi connectivity index (χ1v) is 9.25. The van der Waals surface area contributed by atoms with Crippen molar-refractivity contribution in [1.82, 2.24) is 9.78 Å². The van der Waals surface area contributed by atoms with Crippen LogP contribution in [-0.4, -0.2) is 28.8 Å². The fourth-order valence-corrected chi connectivity index (χ4v) is 4.91. The molecule has 0 aromatic carbocycles. The summed E-state index contributed by atoms with van der Waals surface area (Å²) in [7, 11) is 3.06. The number of thiophene rings is 1. The molecule has 0 unspecified atom stereocenters. The summed E-state index contributed by atoms with van der Waals surface area (Å²) in [5.74, 6) is -0.128. The van der Waals surface area contributed by atoms with Crippen molar-refractivity contribution < 1.29 is 14.3 Å². The van der Waals surface area contributed by atoms with Gasteiger partial charge in [-0.05, 0) is 46.7 Å². The van der Waals surface area contributed by atoms with Crippen molar-refractivity contribution in [2.75, 3.05) is 12.4 Å². The van der Waals surface area contributed by atoms with Crippen molar-refractivity contribution in [2.45, 2.75) is 26.2 Å². The van der Waals surface area contributed by atoms with E-state index in [4.69, 9.17) is 4.74 Å². The molecule has 1 aliphatic carbocycles. The third-order valence-corrected chi connectivity index (χ3v) is 5.99. The van der Waals surface area contributed by atoms with Crippen LogP contribution in [0.4, 0.5) is 5.00 Å². The largest absolute Gasteiger partial charge is 0.465 e. The molecular formula is C16H18BrN3O3S. The van der Waals surface area contributed by atoms with Gasteiger partial charge >= 0.3 is 5.97 Å². The van der Waals surface area contributed by atoms with Crippen LogP contribution in [0.25, 0.3) is 0 Å². The van der Waals surface area contributed by atoms with Gasteiger partial charge in [-0.1, -0.05) is 6.92 Å². The standard InChI is InChI=1S/C16H18BrN3O3S/c1-8-4-5-9-11(6-8)24-15(12(9)16(22)23-3)19-14(21)13-10(17)7-18-20(13)2/h7-8H,4-6H2,1-3H3,(H,19,21)/t8-/m1/s1. The Morgan fingerprint density at radius 2 is 2.25 bits per heavy atom. The topological polar surface area (TPSA) is 73.2 Å². The maximum Gasteiger partial charge on any atom is 0.341 e. The third kappa shape index (κ3) is 3.00. The molecule has 0 fully saturated rings. The van der Waals surface area contributed by atoms with E-state index in [0.29, 0.717) is 26.6 Å². The van der Waals surface area contributed by atoms with E-state index in [2.05, 4.69) is 33.3 Å². The average Bonchev–Trinajstić information content (AvgIpc) is 3.05. The highest BCUT2D eigenvalue weighted by Gasteiger charge is 2.29. The number of halogens is 1. The van der Waals surface area contributed by atoms with Gasteiger partial charge in [0.2, 0.25) is 0 Å². The normalized spacial score (nSPS) is 16.6. The number of hydrogen-bond donors (Lipinski definition) is 1. The first-order chi connectivity index (χ1) is 11.4. The summed E-state index contributed by atoms with van der Waals surface area (Å²) in [5, 5.41) is 7.47. The highest BCUT2D eigenvalue weighted by atomic mass is 79.9. The quantitative estimate of drug-likeness (QED) is 0.785. The van der Waals surface area contributed by atoms with Gasteiger partial charge in [0.15, 0.2) is 0 Å². The molecule has 0 spiro atoms. The van der Waals surface area contributed by atoms with E-state index in [1.807, 2.05) is 0 Å². The number of esters is 1. The zero-order valence-corrected chi connectivity index (χ0v) is 16.1. The van der Waals surface area contributed by atoms with Crippen LogP contribution < -0.4 is 5.32 Å². The summed E-state index contributed by atoms with van der Waals surface area (Å²) in [5.41, 5.74) is 1.92. The molecule has 128 valence electrons. The molecule has 0 saturated heterocycles. The highest BCUT2D eigenvalue weighted by Crippen LogP contribution is 2.40. The van der Waals surface area contributed by atoms with Crippen LogP contribution in [0.3, 0.4) is 0 Å². The smallest absolute Gasteiger partial charge is 0.341 e. The molecule has 0 radical (unpaired) electrons. The Labute approximate surface area is 152 Å². The Balaban J connectivity index is 1.98. The van der Waals surface area contributed by atoms with E-state index < -0.39 is 5.97 Å². The molecule has 2 heterocycles. The summed E-state index contributed by atoms with van der Waals surface area (Å²) in [6, 6.07) is 0. The van der Waals surface area contributed by atoms with Crippen LogP contribution in [0, 0.1) is 5.92 Å². The lowest BCUT2D eigenvalue weighted by atomic mass is 9.88. The summed E-state index contributed by atoms with van der Waals surface area (Å²) in [6.07, 6.45) is 4.36. The van der Waals surface area contributed by atoms with Crippen molar-refractivity contribution in [2.24, 2.45) is 13.0 Å². The minimum atomic E-state index is -0.401. The maximum atomic E-state index is 12.6. The summed E-state index contributed by atoms with van der Waals surface area (Å²) in [4.78, 5) is 26.0. The SMILES string of the molecule is COC(=O)c1c(NC(=O)c2c(Br)cnn2C)sc2c1CC[C@@H](C)C2. The van der Waals surface area contributed by atoms with Gasteiger partial charge < -0.3 is 10.1 Å². The Hall–Kier alpha value is -1.67. The monoisotopic (exact) mass is 411 g/mol. The van der Waals surface area contributed by atoms with Crippen molar-refractivity contribution in [1.29, 1.82) is 0 Å². The molecular weight excluding hydrogens is 394 g/mol. The number of ether oxygens (including phenoxy) is 1. The number of hydrogen-bond acceptors (Lipinski definition) is 5. The van der Waals surface area contributed by atoms with Crippen LogP contribution >= 0.6 is 27.3 Å². The van der Waals surface area contributed by atoms with Crippen molar-refractivity contribution in [3.05, 3.63) is 32.4 Å². The lowest BCUT2D eigenvalue weighted by Gasteiger charge is -2.18. The Bertz CT molecular complexity index is 792. The van der Waals surface area contributed by atoms with Crippen molar-refractivity contribution in [3.63, 3.8) is 0 Å². The molecule has 1 atom stereocenters. The number of anilines is 1. The number of aromatic nitrogens is 2. The fourth-order valence-electron chi connectivity index (χ4n) is 2.99. The molecule has 2 aromatic rings. The molecule has 0 aliphatic heterocycles. The van der Waals surface area contributed by atoms with E-state index in [-0.39, 0.29) is 5.91 Å². The molecule has 0 bridgehead atoms. The van der Waals surface area contributed by atoms with Gasteiger partial charge in [0.05, 0.1) is 23.3 Å². The molecule has 3 rings (SSSR count). The fraction of sp³-hybridized carbons (Fsp3) is 0.438. The molecule has 1 N–H and O–H groups in total. The average molecular weight is 412 g/mol. The van der Waals surface area contributed by atoms with Crippen LogP contribution in [0.15, 0.2) is 10.7 Å². The Morgan fingerprint density at radius 3 is 2.88 bits per heavy atom. The molecule has 2 aromatic heterocycles. The van der Waals surface area contributed by atoms with Gasteiger partial charge in [0, 0.05) is 11.9 Å². The second-order valence-electron chi connectivity index (χ2n) is 5.97. The van der Waals surface area contributed by atoms with Gasteiger partial charge in [-0.25, -0.2) is 4.79 Å². The maximum absolute atomic E-state index is 12.6. The van der Waals surface area contributed by atoms with Gasteiger partial charge in [-0.15, -0.1) is 11.3 Å². The molecule has 8 heteroatoms. The minimum Gasteiger partial charge on any atom is -0.465 e. The Kier molecular flexibility index (Phi) is 4.78. The number of nitrogens with one attached hydrogen (secondary N) is 1. The second kappa shape index (κ2) is 6.68. The predicted octanol–water partition coefficient (Wildman–Crippen LogP) is 3.41. The number of methoxy groups -OCH3 is 1. The van der Waals surface area contributed by atoms with Gasteiger partial charge in [-0.3, -0.25) is 9.48 Å². The molecule has 1 amide bonds. The lowest BCUT2D eigenvalue weighted by Crippen LogP contribution is -2.18. The lowest BCUT2D eigenvalue weighted by molar-refractivity contribution is 0.0601. The number of nitrogens with zero attached hydrogens (tertiary/aromatic N) is 2. The summed E-state index contributed by atoms with van der Waals surface area (Å²) in [6.45, 7) is 2.20. The number of fused-ring (bicyclic) bond motifs is 1. The summed E-state index contributed by atoms with van der Waals surface area (Å²) >= 11 is 4.79. The van der Waals surface area contributed by atoms with Gasteiger partial charge in [-0.2, -0.15) is 5.10 Å². The first-order valence-electron chi connectivity index (χ1n) is 7.64. The second-order valence-corrected chi connectivity index (χ2v) is 7.93. The number of rotatable bonds is 3. The molecule has 1 aliphatic rings. The molecule has 6 nitrogen and oxygen atoms in total. The molecule has 0 saturated carbocycles. The van der Waals surface area contributed by atoms with Crippen molar-refractivity contribution in [3.8, 4) is 0 Å². The van der Waals surface area contributed by atoms with E-state index in [0.717, 1.165) is 29.7 Å². The van der Waals surface area contributed by atoms with Crippen LogP contribution in [-0.2, 0) is 24.6 Å². The van der Waals surface area contributed by atoms with Gasteiger partial charge in [0.1, 0.15) is 10.7 Å². The number of amides is 1. The van der Waals surface area contributed by atoms with Crippen LogP contribution in [0.1, 0.15) is 44.6 Å². The molecule has 24 heavy (non-hydrogen) atoms. The van der Waals surface area contributed by atoms with Crippen LogP contribution in [0.5, 0.6) is 0 Å². The number of carbonyl (C=O) groups excluding carboxylic acids is 2. The van der Waals surface area contributed by atoms with E-state index >= 15 is 0 Å². The van der Waals surface area contributed by atoms with E-state index in [9.17, 15) is 9.59 Å². The first kappa shape index (κ1) is 17.2. The van der Waals surface area contributed by atoms with Crippen LogP contribution in [0.2, 0.25) is 0 Å². The Morgan fingerprint density at radius 1 is 1.50 bits per heavy atom. The zero-order valence-electron chi connectivity index (χ0n) is 13.7. The van der Waals surface area contributed by atoms with E-state index in [1.165, 1.54) is 23.1 Å². The predicted molar refractivity (Wildman–Crippen MR) is 95.7 cm³/mol.